The Morgan fingerprint density at radius 2 is 1.85 bits per heavy atom. The predicted octanol–water partition coefficient (Wildman–Crippen LogP) is 4.92. The van der Waals surface area contributed by atoms with E-state index in [2.05, 4.69) is 36.4 Å². The van der Waals surface area contributed by atoms with Gasteiger partial charge in [-0.2, -0.15) is 5.26 Å². The van der Waals surface area contributed by atoms with Crippen LogP contribution in [-0.4, -0.2) is 0 Å². The van der Waals surface area contributed by atoms with Gasteiger partial charge in [-0.15, -0.1) is 11.8 Å². The third-order valence-electron chi connectivity index (χ3n) is 3.80. The van der Waals surface area contributed by atoms with Gasteiger partial charge < -0.3 is 0 Å². The SMILES string of the molecule is N#CCC(Sc1ccc2c(c1)CCC2)c1ccccc1. The Labute approximate surface area is 124 Å². The fraction of sp³-hybridized carbons (Fsp3) is 0.278. The van der Waals surface area contributed by atoms with Crippen LogP contribution in [0.5, 0.6) is 0 Å². The predicted molar refractivity (Wildman–Crippen MR) is 83.7 cm³/mol. The van der Waals surface area contributed by atoms with Crippen molar-refractivity contribution in [1.82, 2.24) is 0 Å². The molecule has 0 aliphatic heterocycles. The largest absolute Gasteiger partial charge is 0.198 e. The van der Waals surface area contributed by atoms with Gasteiger partial charge in [-0.3, -0.25) is 0 Å². The Morgan fingerprint density at radius 3 is 2.65 bits per heavy atom. The monoisotopic (exact) mass is 279 g/mol. The van der Waals surface area contributed by atoms with E-state index in [0.717, 1.165) is 0 Å². The molecule has 0 radical (unpaired) electrons. The molecule has 0 aromatic heterocycles. The Morgan fingerprint density at radius 1 is 1.05 bits per heavy atom. The molecule has 2 aromatic carbocycles. The van der Waals surface area contributed by atoms with Gasteiger partial charge in [0.15, 0.2) is 0 Å². The quantitative estimate of drug-likeness (QED) is 0.741. The minimum atomic E-state index is 0.223. The zero-order valence-electron chi connectivity index (χ0n) is 11.4. The van der Waals surface area contributed by atoms with Gasteiger partial charge >= 0.3 is 0 Å². The van der Waals surface area contributed by atoms with Gasteiger partial charge in [0, 0.05) is 10.1 Å². The standard InChI is InChI=1S/C18H17NS/c19-12-11-18(15-5-2-1-3-6-15)20-17-10-9-14-7-4-8-16(14)13-17/h1-3,5-6,9-10,13,18H,4,7-8,11H2. The summed E-state index contributed by atoms with van der Waals surface area (Å²) in [5, 5.41) is 9.29. The molecule has 0 saturated heterocycles. The van der Waals surface area contributed by atoms with Gasteiger partial charge in [-0.1, -0.05) is 36.4 Å². The van der Waals surface area contributed by atoms with Crippen LogP contribution in [0.2, 0.25) is 0 Å². The zero-order valence-corrected chi connectivity index (χ0v) is 12.2. The summed E-state index contributed by atoms with van der Waals surface area (Å²) < 4.78 is 0. The maximum absolute atomic E-state index is 9.07. The summed E-state index contributed by atoms with van der Waals surface area (Å²) >= 11 is 1.81. The molecule has 3 rings (SSSR count). The van der Waals surface area contributed by atoms with E-state index in [4.69, 9.17) is 5.26 Å². The van der Waals surface area contributed by atoms with Gasteiger partial charge in [0.2, 0.25) is 0 Å². The van der Waals surface area contributed by atoms with Crippen LogP contribution in [0.1, 0.15) is 34.8 Å². The first-order valence-electron chi connectivity index (χ1n) is 7.07. The molecule has 2 heteroatoms. The number of hydrogen-bond donors (Lipinski definition) is 0. The van der Waals surface area contributed by atoms with Crippen LogP contribution >= 0.6 is 11.8 Å². The summed E-state index contributed by atoms with van der Waals surface area (Å²) in [5.41, 5.74) is 4.24. The van der Waals surface area contributed by atoms with Gasteiger partial charge in [0.1, 0.15) is 0 Å². The lowest BCUT2D eigenvalue weighted by atomic mass is 10.1. The Bertz CT molecular complexity index is 628. The van der Waals surface area contributed by atoms with Crippen molar-refractivity contribution in [2.45, 2.75) is 35.8 Å². The highest BCUT2D eigenvalue weighted by atomic mass is 32.2. The number of benzene rings is 2. The summed E-state index contributed by atoms with van der Waals surface area (Å²) in [6.45, 7) is 0. The number of rotatable bonds is 4. The van der Waals surface area contributed by atoms with Gasteiger partial charge in [-0.25, -0.2) is 0 Å². The van der Waals surface area contributed by atoms with Crippen LogP contribution in [0.4, 0.5) is 0 Å². The highest BCUT2D eigenvalue weighted by Gasteiger charge is 2.15. The lowest BCUT2D eigenvalue weighted by Gasteiger charge is -2.14. The van der Waals surface area contributed by atoms with Crippen molar-refractivity contribution < 1.29 is 0 Å². The van der Waals surface area contributed by atoms with E-state index in [1.807, 2.05) is 30.0 Å². The zero-order chi connectivity index (χ0) is 13.8. The minimum absolute atomic E-state index is 0.223. The fourth-order valence-electron chi connectivity index (χ4n) is 2.76. The second kappa shape index (κ2) is 6.15. The smallest absolute Gasteiger partial charge is 0.0637 e. The van der Waals surface area contributed by atoms with Crippen molar-refractivity contribution in [1.29, 1.82) is 5.26 Å². The van der Waals surface area contributed by atoms with E-state index in [0.29, 0.717) is 6.42 Å². The van der Waals surface area contributed by atoms with E-state index in [9.17, 15) is 0 Å². The van der Waals surface area contributed by atoms with Crippen molar-refractivity contribution in [2.75, 3.05) is 0 Å². The summed E-state index contributed by atoms with van der Waals surface area (Å²) in [6, 6.07) is 19.4. The summed E-state index contributed by atoms with van der Waals surface area (Å²) in [7, 11) is 0. The average molecular weight is 279 g/mol. The first kappa shape index (κ1) is 13.3. The Hall–Kier alpha value is -1.72. The molecule has 0 bridgehead atoms. The van der Waals surface area contributed by atoms with Crippen molar-refractivity contribution in [2.24, 2.45) is 0 Å². The van der Waals surface area contributed by atoms with Crippen molar-refractivity contribution in [3.8, 4) is 6.07 Å². The average Bonchev–Trinajstić information content (AvgIpc) is 2.95. The number of nitriles is 1. The minimum Gasteiger partial charge on any atom is -0.198 e. The van der Waals surface area contributed by atoms with Crippen LogP contribution in [0.25, 0.3) is 0 Å². The van der Waals surface area contributed by atoms with Gasteiger partial charge in [0.05, 0.1) is 12.5 Å². The molecule has 1 aliphatic rings. The second-order valence-corrected chi connectivity index (χ2v) is 6.44. The summed E-state index contributed by atoms with van der Waals surface area (Å²) in [6.07, 6.45) is 4.26. The van der Waals surface area contributed by atoms with Crippen LogP contribution < -0.4 is 0 Å². The van der Waals surface area contributed by atoms with Crippen LogP contribution in [0.15, 0.2) is 53.4 Å². The van der Waals surface area contributed by atoms with Crippen LogP contribution in [0.3, 0.4) is 0 Å². The lowest BCUT2D eigenvalue weighted by Crippen LogP contribution is -1.93. The van der Waals surface area contributed by atoms with E-state index >= 15 is 0 Å². The number of hydrogen-bond acceptors (Lipinski definition) is 2. The maximum Gasteiger partial charge on any atom is 0.0637 e. The summed E-state index contributed by atoms with van der Waals surface area (Å²) in [5.74, 6) is 0. The molecule has 100 valence electrons. The van der Waals surface area contributed by atoms with Crippen molar-refractivity contribution in [3.63, 3.8) is 0 Å². The third kappa shape index (κ3) is 2.89. The molecule has 0 spiro atoms. The highest BCUT2D eigenvalue weighted by molar-refractivity contribution is 7.99. The Kier molecular flexibility index (Phi) is 4.08. The lowest BCUT2D eigenvalue weighted by molar-refractivity contribution is 0.911. The van der Waals surface area contributed by atoms with E-state index in [1.54, 1.807) is 0 Å². The molecule has 0 N–H and O–H groups in total. The summed E-state index contributed by atoms with van der Waals surface area (Å²) in [4.78, 5) is 1.29. The van der Waals surface area contributed by atoms with Crippen LogP contribution in [0, 0.1) is 11.3 Å². The van der Waals surface area contributed by atoms with E-state index < -0.39 is 0 Å². The molecule has 1 nitrogen and oxygen atoms in total. The highest BCUT2D eigenvalue weighted by Crippen LogP contribution is 2.39. The molecule has 20 heavy (non-hydrogen) atoms. The van der Waals surface area contributed by atoms with Gasteiger partial charge in [0.25, 0.3) is 0 Å². The molecule has 0 fully saturated rings. The van der Waals surface area contributed by atoms with Crippen LogP contribution in [-0.2, 0) is 12.8 Å². The molecule has 1 atom stereocenters. The van der Waals surface area contributed by atoms with Crippen molar-refractivity contribution in [3.05, 3.63) is 65.2 Å². The number of thioether (sulfide) groups is 1. The third-order valence-corrected chi connectivity index (χ3v) is 5.05. The van der Waals surface area contributed by atoms with E-state index in [-0.39, 0.29) is 5.25 Å². The second-order valence-electron chi connectivity index (χ2n) is 5.16. The topological polar surface area (TPSA) is 23.8 Å². The van der Waals surface area contributed by atoms with E-state index in [1.165, 1.54) is 40.8 Å². The molecule has 0 heterocycles. The molecular weight excluding hydrogens is 262 g/mol. The molecule has 1 aliphatic carbocycles. The molecule has 0 saturated carbocycles. The first-order chi connectivity index (χ1) is 9.86. The van der Waals surface area contributed by atoms with Gasteiger partial charge in [-0.05, 0) is 48.1 Å². The molecule has 1 unspecified atom stereocenters. The molecule has 2 aromatic rings. The number of fused-ring (bicyclic) bond motifs is 1. The number of aryl methyl sites for hydroxylation is 2. The first-order valence-corrected chi connectivity index (χ1v) is 7.95. The fourth-order valence-corrected chi connectivity index (χ4v) is 3.90. The number of nitrogens with zero attached hydrogens (tertiary/aromatic N) is 1. The Balaban J connectivity index is 1.82. The maximum atomic E-state index is 9.07. The normalized spacial score (nSPS) is 14.6. The molecular formula is C18H17NS. The van der Waals surface area contributed by atoms with Crippen molar-refractivity contribution >= 4 is 11.8 Å². The molecule has 0 amide bonds.